The molecule has 1 heterocycles. The fourth-order valence-corrected chi connectivity index (χ4v) is 3.26. The third-order valence-corrected chi connectivity index (χ3v) is 4.19. The van der Waals surface area contributed by atoms with E-state index in [0.717, 1.165) is 12.8 Å². The summed E-state index contributed by atoms with van der Waals surface area (Å²) in [7, 11) is 1.53. The number of aromatic carboxylic acids is 1. The van der Waals surface area contributed by atoms with Gasteiger partial charge in [0.05, 0.1) is 12.7 Å². The molecule has 17 heavy (non-hydrogen) atoms. The smallest absolute Gasteiger partial charge is 0.338 e. The number of hydrogen-bond acceptors (Lipinski definition) is 4. The second kappa shape index (κ2) is 5.40. The van der Waals surface area contributed by atoms with Crippen LogP contribution in [0.15, 0.2) is 17.2 Å². The number of pyridine rings is 1. The maximum Gasteiger partial charge on any atom is 0.338 e. The van der Waals surface area contributed by atoms with Gasteiger partial charge in [-0.2, -0.15) is 0 Å². The minimum absolute atomic E-state index is 0.266. The topological polar surface area (TPSA) is 59.4 Å². The van der Waals surface area contributed by atoms with Crippen LogP contribution in [0.1, 0.15) is 36.0 Å². The molecule has 0 saturated heterocycles. The van der Waals surface area contributed by atoms with Gasteiger partial charge in [-0.15, -0.1) is 11.8 Å². The van der Waals surface area contributed by atoms with Crippen molar-refractivity contribution < 1.29 is 14.6 Å². The van der Waals surface area contributed by atoms with E-state index in [-0.39, 0.29) is 5.56 Å². The second-order valence-electron chi connectivity index (χ2n) is 4.04. The molecule has 1 aromatic rings. The molecular formula is C12H15NO3S. The first-order chi connectivity index (χ1) is 8.20. The van der Waals surface area contributed by atoms with Gasteiger partial charge in [0.15, 0.2) is 0 Å². The molecule has 0 amide bonds. The van der Waals surface area contributed by atoms with Gasteiger partial charge in [0.1, 0.15) is 5.03 Å². The molecular weight excluding hydrogens is 238 g/mol. The average Bonchev–Trinajstić information content (AvgIpc) is 2.81. The van der Waals surface area contributed by atoms with Crippen molar-refractivity contribution in [2.75, 3.05) is 7.11 Å². The zero-order valence-corrected chi connectivity index (χ0v) is 10.5. The van der Waals surface area contributed by atoms with Crippen LogP contribution in [-0.2, 0) is 0 Å². The first kappa shape index (κ1) is 12.2. The Hall–Kier alpha value is -1.23. The maximum absolute atomic E-state index is 11.1. The Labute approximate surface area is 104 Å². The van der Waals surface area contributed by atoms with E-state index >= 15 is 0 Å². The van der Waals surface area contributed by atoms with Gasteiger partial charge in [0.25, 0.3) is 0 Å². The summed E-state index contributed by atoms with van der Waals surface area (Å²) >= 11 is 1.56. The van der Waals surface area contributed by atoms with Crippen LogP contribution in [0, 0.1) is 0 Å². The van der Waals surface area contributed by atoms with Crippen molar-refractivity contribution in [2.24, 2.45) is 0 Å². The van der Waals surface area contributed by atoms with Gasteiger partial charge in [0, 0.05) is 11.3 Å². The van der Waals surface area contributed by atoms with Gasteiger partial charge in [-0.3, -0.25) is 0 Å². The van der Waals surface area contributed by atoms with Crippen LogP contribution in [0.5, 0.6) is 5.88 Å². The third kappa shape index (κ3) is 2.91. The SMILES string of the molecule is COc1ccc(C(=O)O)c(SC2CCCC2)n1. The molecule has 0 bridgehead atoms. The van der Waals surface area contributed by atoms with Crippen LogP contribution in [0.3, 0.4) is 0 Å². The highest BCUT2D eigenvalue weighted by Crippen LogP contribution is 2.36. The monoisotopic (exact) mass is 253 g/mol. The lowest BCUT2D eigenvalue weighted by molar-refractivity contribution is 0.0692. The zero-order chi connectivity index (χ0) is 12.3. The van der Waals surface area contributed by atoms with Gasteiger partial charge in [-0.05, 0) is 18.9 Å². The number of aromatic nitrogens is 1. The predicted molar refractivity (Wildman–Crippen MR) is 65.9 cm³/mol. The summed E-state index contributed by atoms with van der Waals surface area (Å²) in [5.41, 5.74) is 0.266. The van der Waals surface area contributed by atoms with Crippen molar-refractivity contribution >= 4 is 17.7 Å². The molecule has 1 aromatic heterocycles. The lowest BCUT2D eigenvalue weighted by Crippen LogP contribution is -2.04. The summed E-state index contributed by atoms with van der Waals surface area (Å²) < 4.78 is 5.04. The highest BCUT2D eigenvalue weighted by Gasteiger charge is 2.21. The van der Waals surface area contributed by atoms with Crippen LogP contribution in [0.2, 0.25) is 0 Å². The van der Waals surface area contributed by atoms with E-state index in [4.69, 9.17) is 9.84 Å². The van der Waals surface area contributed by atoms with Crippen LogP contribution in [0.25, 0.3) is 0 Å². The van der Waals surface area contributed by atoms with Crippen LogP contribution < -0.4 is 4.74 Å². The van der Waals surface area contributed by atoms with Gasteiger partial charge in [0.2, 0.25) is 5.88 Å². The Kier molecular flexibility index (Phi) is 3.89. The summed E-state index contributed by atoms with van der Waals surface area (Å²) in [5, 5.41) is 10.2. The minimum atomic E-state index is -0.930. The lowest BCUT2D eigenvalue weighted by atomic mass is 10.3. The largest absolute Gasteiger partial charge is 0.481 e. The molecule has 0 aromatic carbocycles. The summed E-state index contributed by atoms with van der Waals surface area (Å²) in [6, 6.07) is 3.15. The number of rotatable bonds is 4. The Morgan fingerprint density at radius 2 is 2.18 bits per heavy atom. The summed E-state index contributed by atoms with van der Waals surface area (Å²) in [5.74, 6) is -0.462. The normalized spacial score (nSPS) is 16.1. The molecule has 92 valence electrons. The number of hydrogen-bond donors (Lipinski definition) is 1. The number of nitrogens with zero attached hydrogens (tertiary/aromatic N) is 1. The molecule has 4 nitrogen and oxygen atoms in total. The summed E-state index contributed by atoms with van der Waals surface area (Å²) in [6.07, 6.45) is 4.74. The number of thioether (sulfide) groups is 1. The predicted octanol–water partition coefficient (Wildman–Crippen LogP) is 2.82. The fourth-order valence-electron chi connectivity index (χ4n) is 1.95. The zero-order valence-electron chi connectivity index (χ0n) is 9.68. The number of carboxylic acid groups (broad SMARTS) is 1. The molecule has 0 aliphatic heterocycles. The van der Waals surface area contributed by atoms with Gasteiger partial charge in [-0.1, -0.05) is 12.8 Å². The summed E-state index contributed by atoms with van der Waals surface area (Å²) in [4.78, 5) is 15.3. The Bertz CT molecular complexity index is 416. The Morgan fingerprint density at radius 3 is 2.76 bits per heavy atom. The molecule has 1 fully saturated rings. The fraction of sp³-hybridized carbons (Fsp3) is 0.500. The van der Waals surface area contributed by atoms with E-state index in [2.05, 4.69) is 4.98 Å². The van der Waals surface area contributed by atoms with E-state index < -0.39 is 5.97 Å². The molecule has 1 aliphatic carbocycles. The quantitative estimate of drug-likeness (QED) is 0.894. The number of methoxy groups -OCH3 is 1. The van der Waals surface area contributed by atoms with Crippen molar-refractivity contribution in [2.45, 2.75) is 36.0 Å². The van der Waals surface area contributed by atoms with Crippen molar-refractivity contribution in [3.8, 4) is 5.88 Å². The summed E-state index contributed by atoms with van der Waals surface area (Å²) in [6.45, 7) is 0. The van der Waals surface area contributed by atoms with E-state index in [1.807, 2.05) is 0 Å². The third-order valence-electron chi connectivity index (χ3n) is 2.85. The number of ether oxygens (including phenoxy) is 1. The van der Waals surface area contributed by atoms with E-state index in [1.165, 1.54) is 20.0 Å². The average molecular weight is 253 g/mol. The molecule has 1 saturated carbocycles. The Balaban J connectivity index is 2.24. The molecule has 1 N–H and O–H groups in total. The number of carboxylic acids is 1. The van der Waals surface area contributed by atoms with Gasteiger partial charge in [-0.25, -0.2) is 9.78 Å². The van der Waals surface area contributed by atoms with E-state index in [0.29, 0.717) is 16.2 Å². The Morgan fingerprint density at radius 1 is 1.47 bits per heavy atom. The molecule has 5 heteroatoms. The highest BCUT2D eigenvalue weighted by molar-refractivity contribution is 7.99. The maximum atomic E-state index is 11.1. The van der Waals surface area contributed by atoms with Crippen molar-refractivity contribution in [3.05, 3.63) is 17.7 Å². The van der Waals surface area contributed by atoms with E-state index in [1.54, 1.807) is 23.9 Å². The molecule has 0 radical (unpaired) electrons. The van der Waals surface area contributed by atoms with Crippen molar-refractivity contribution in [1.82, 2.24) is 4.98 Å². The standard InChI is InChI=1S/C12H15NO3S/c1-16-10-7-6-9(12(14)15)11(13-10)17-8-4-2-3-5-8/h6-8H,2-5H2,1H3,(H,14,15). The van der Waals surface area contributed by atoms with E-state index in [9.17, 15) is 4.79 Å². The van der Waals surface area contributed by atoms with Crippen molar-refractivity contribution in [3.63, 3.8) is 0 Å². The highest BCUT2D eigenvalue weighted by atomic mass is 32.2. The number of carbonyl (C=O) groups is 1. The molecule has 0 spiro atoms. The van der Waals surface area contributed by atoms with Gasteiger partial charge >= 0.3 is 5.97 Å². The first-order valence-corrected chi connectivity index (χ1v) is 6.53. The molecule has 0 atom stereocenters. The molecule has 0 unspecified atom stereocenters. The minimum Gasteiger partial charge on any atom is -0.481 e. The molecule has 1 aliphatic rings. The lowest BCUT2D eigenvalue weighted by Gasteiger charge is -2.11. The first-order valence-electron chi connectivity index (χ1n) is 5.65. The molecule has 2 rings (SSSR count). The van der Waals surface area contributed by atoms with Gasteiger partial charge < -0.3 is 9.84 Å². The van der Waals surface area contributed by atoms with Crippen LogP contribution >= 0.6 is 11.8 Å². The van der Waals surface area contributed by atoms with Crippen LogP contribution in [-0.4, -0.2) is 28.4 Å². The van der Waals surface area contributed by atoms with Crippen LogP contribution in [0.4, 0.5) is 0 Å². The van der Waals surface area contributed by atoms with Crippen molar-refractivity contribution in [1.29, 1.82) is 0 Å². The second-order valence-corrected chi connectivity index (χ2v) is 5.32.